The van der Waals surface area contributed by atoms with Gasteiger partial charge in [-0.05, 0) is 48.9 Å². The Balaban J connectivity index is 1.66. The van der Waals surface area contributed by atoms with Crippen molar-refractivity contribution in [3.8, 4) is 0 Å². The lowest BCUT2D eigenvalue weighted by Gasteiger charge is -2.07. The Morgan fingerprint density at radius 2 is 1.88 bits per heavy atom. The highest BCUT2D eigenvalue weighted by atomic mass is 79.9. The molecule has 0 bridgehead atoms. The van der Waals surface area contributed by atoms with Gasteiger partial charge in [0, 0.05) is 20.2 Å². The summed E-state index contributed by atoms with van der Waals surface area (Å²) in [5.41, 5.74) is 1.23. The fourth-order valence-corrected chi connectivity index (χ4v) is 3.85. The molecule has 0 spiro atoms. The van der Waals surface area contributed by atoms with Gasteiger partial charge in [-0.3, -0.25) is 9.59 Å². The second-order valence-corrected chi connectivity index (χ2v) is 7.37. The molecule has 2 aromatic carbocycles. The first-order valence-electron chi connectivity index (χ1n) is 7.47. The molecule has 0 atom stereocenters. The molecule has 4 nitrogen and oxygen atoms in total. The van der Waals surface area contributed by atoms with Crippen LogP contribution in [-0.2, 0) is 4.79 Å². The Labute approximate surface area is 156 Å². The van der Waals surface area contributed by atoms with Crippen LogP contribution in [0.2, 0.25) is 0 Å². The molecule has 7 heteroatoms. The Morgan fingerprint density at radius 3 is 2.56 bits per heavy atom. The second kappa shape index (κ2) is 7.33. The Morgan fingerprint density at radius 1 is 1.16 bits per heavy atom. The zero-order valence-electron chi connectivity index (χ0n) is 13.2. The van der Waals surface area contributed by atoms with Gasteiger partial charge in [-0.2, -0.15) is 0 Å². The number of hydrogen-bond acceptors (Lipinski definition) is 3. The van der Waals surface area contributed by atoms with Crippen LogP contribution in [0, 0.1) is 12.7 Å². The van der Waals surface area contributed by atoms with E-state index >= 15 is 0 Å². The van der Waals surface area contributed by atoms with Crippen molar-refractivity contribution in [3.63, 3.8) is 0 Å². The molecular formula is C18H14BrFN2O2S. The van der Waals surface area contributed by atoms with E-state index in [1.165, 1.54) is 17.4 Å². The van der Waals surface area contributed by atoms with Crippen LogP contribution in [0.25, 0.3) is 10.1 Å². The van der Waals surface area contributed by atoms with Crippen molar-refractivity contribution in [2.24, 2.45) is 0 Å². The fraction of sp³-hybridized carbons (Fsp3) is 0.111. The molecule has 1 aromatic heterocycles. The van der Waals surface area contributed by atoms with Gasteiger partial charge in [0.05, 0.1) is 11.4 Å². The molecule has 0 saturated carbocycles. The van der Waals surface area contributed by atoms with E-state index in [2.05, 4.69) is 26.6 Å². The smallest absolute Gasteiger partial charge is 0.262 e. The largest absolute Gasteiger partial charge is 0.342 e. The van der Waals surface area contributed by atoms with Crippen LogP contribution in [0.4, 0.5) is 10.1 Å². The highest BCUT2D eigenvalue weighted by Gasteiger charge is 2.18. The maximum absolute atomic E-state index is 13.9. The van der Waals surface area contributed by atoms with E-state index in [-0.39, 0.29) is 24.2 Å². The predicted molar refractivity (Wildman–Crippen MR) is 102 cm³/mol. The standard InChI is InChI=1S/C18H14BrFN2O2S/c1-10-16-13(20)3-2-4-14(16)25-17(10)18(24)21-9-15(23)22-12-7-5-11(19)6-8-12/h2-8H,9H2,1H3,(H,21,24)(H,22,23). The minimum absolute atomic E-state index is 0.162. The topological polar surface area (TPSA) is 58.2 Å². The number of halogens is 2. The van der Waals surface area contributed by atoms with Crippen molar-refractivity contribution >= 4 is 54.9 Å². The molecule has 2 amide bonds. The maximum Gasteiger partial charge on any atom is 0.262 e. The first-order valence-corrected chi connectivity index (χ1v) is 9.08. The third-order valence-corrected chi connectivity index (χ3v) is 5.43. The number of anilines is 1. The average Bonchev–Trinajstić information content (AvgIpc) is 2.93. The zero-order valence-corrected chi connectivity index (χ0v) is 15.6. The van der Waals surface area contributed by atoms with Crippen LogP contribution < -0.4 is 10.6 Å². The Hall–Kier alpha value is -2.25. The van der Waals surface area contributed by atoms with Gasteiger partial charge >= 0.3 is 0 Å². The monoisotopic (exact) mass is 420 g/mol. The number of carbonyl (C=O) groups is 2. The molecule has 0 fully saturated rings. The van der Waals surface area contributed by atoms with Crippen LogP contribution in [0.5, 0.6) is 0 Å². The maximum atomic E-state index is 13.9. The van der Waals surface area contributed by atoms with Crippen LogP contribution in [-0.4, -0.2) is 18.4 Å². The molecule has 0 aliphatic carbocycles. The summed E-state index contributed by atoms with van der Waals surface area (Å²) in [6.45, 7) is 1.55. The number of hydrogen-bond donors (Lipinski definition) is 2. The molecule has 128 valence electrons. The highest BCUT2D eigenvalue weighted by Crippen LogP contribution is 2.32. The molecule has 25 heavy (non-hydrogen) atoms. The number of nitrogens with one attached hydrogen (secondary N) is 2. The van der Waals surface area contributed by atoms with Crippen LogP contribution >= 0.6 is 27.3 Å². The molecule has 3 rings (SSSR count). The van der Waals surface area contributed by atoms with E-state index in [0.29, 0.717) is 26.2 Å². The lowest BCUT2D eigenvalue weighted by Crippen LogP contribution is -2.32. The summed E-state index contributed by atoms with van der Waals surface area (Å²) in [5, 5.41) is 5.73. The first-order chi connectivity index (χ1) is 12.0. The van der Waals surface area contributed by atoms with Crippen molar-refractivity contribution < 1.29 is 14.0 Å². The average molecular weight is 421 g/mol. The second-order valence-electron chi connectivity index (χ2n) is 5.41. The van der Waals surface area contributed by atoms with E-state index in [1.807, 2.05) is 12.1 Å². The quantitative estimate of drug-likeness (QED) is 0.653. The Kier molecular flexibility index (Phi) is 5.15. The van der Waals surface area contributed by atoms with Crippen LogP contribution in [0.15, 0.2) is 46.9 Å². The molecule has 0 aliphatic heterocycles. The van der Waals surface area contributed by atoms with E-state index in [4.69, 9.17) is 0 Å². The molecule has 0 saturated heterocycles. The SMILES string of the molecule is Cc1c(C(=O)NCC(=O)Nc2ccc(Br)cc2)sc2cccc(F)c12. The van der Waals surface area contributed by atoms with Gasteiger partial charge < -0.3 is 10.6 Å². The summed E-state index contributed by atoms with van der Waals surface area (Å²) < 4.78 is 15.5. The molecule has 2 N–H and O–H groups in total. The van der Waals surface area contributed by atoms with Gasteiger partial charge in [0.1, 0.15) is 5.82 Å². The van der Waals surface area contributed by atoms with Crippen molar-refractivity contribution in [1.29, 1.82) is 0 Å². The van der Waals surface area contributed by atoms with Gasteiger partial charge in [0.25, 0.3) is 5.91 Å². The Bertz CT molecular complexity index is 954. The summed E-state index contributed by atoms with van der Waals surface area (Å²) in [7, 11) is 0. The number of thiophene rings is 1. The first kappa shape index (κ1) is 17.6. The van der Waals surface area contributed by atoms with Gasteiger partial charge in [-0.25, -0.2) is 4.39 Å². The minimum Gasteiger partial charge on any atom is -0.342 e. The summed E-state index contributed by atoms with van der Waals surface area (Å²) in [4.78, 5) is 24.7. The minimum atomic E-state index is -0.385. The van der Waals surface area contributed by atoms with Crippen molar-refractivity contribution in [2.75, 3.05) is 11.9 Å². The number of carbonyl (C=O) groups excluding carboxylic acids is 2. The van der Waals surface area contributed by atoms with E-state index < -0.39 is 0 Å². The number of amides is 2. The number of benzene rings is 2. The van der Waals surface area contributed by atoms with Crippen molar-refractivity contribution in [1.82, 2.24) is 5.32 Å². The molecule has 0 unspecified atom stereocenters. The number of rotatable bonds is 4. The van der Waals surface area contributed by atoms with Gasteiger partial charge in [-0.1, -0.05) is 22.0 Å². The summed E-state index contributed by atoms with van der Waals surface area (Å²) in [6, 6.07) is 11.9. The van der Waals surface area contributed by atoms with Crippen molar-refractivity contribution in [2.45, 2.75) is 6.92 Å². The summed E-state index contributed by atoms with van der Waals surface area (Å²) in [6.07, 6.45) is 0. The lowest BCUT2D eigenvalue weighted by atomic mass is 10.1. The zero-order chi connectivity index (χ0) is 18.0. The van der Waals surface area contributed by atoms with Gasteiger partial charge in [-0.15, -0.1) is 11.3 Å². The van der Waals surface area contributed by atoms with E-state index in [9.17, 15) is 14.0 Å². The normalized spacial score (nSPS) is 10.7. The van der Waals surface area contributed by atoms with E-state index in [1.54, 1.807) is 31.2 Å². The molecule has 0 aliphatic rings. The van der Waals surface area contributed by atoms with E-state index in [0.717, 1.165) is 4.47 Å². The third-order valence-electron chi connectivity index (χ3n) is 3.65. The molecular weight excluding hydrogens is 407 g/mol. The van der Waals surface area contributed by atoms with Gasteiger partial charge in [0.15, 0.2) is 0 Å². The molecule has 1 heterocycles. The predicted octanol–water partition coefficient (Wildman–Crippen LogP) is 4.48. The molecule has 3 aromatic rings. The van der Waals surface area contributed by atoms with Gasteiger partial charge in [0.2, 0.25) is 5.91 Å². The lowest BCUT2D eigenvalue weighted by molar-refractivity contribution is -0.115. The molecule has 0 radical (unpaired) electrons. The number of fused-ring (bicyclic) bond motifs is 1. The number of aryl methyl sites for hydroxylation is 1. The fourth-order valence-electron chi connectivity index (χ4n) is 2.45. The van der Waals surface area contributed by atoms with Crippen molar-refractivity contribution in [3.05, 3.63) is 63.2 Å². The highest BCUT2D eigenvalue weighted by molar-refractivity contribution is 9.10. The summed E-state index contributed by atoms with van der Waals surface area (Å²) in [5.74, 6) is -1.07. The van der Waals surface area contributed by atoms with Crippen LogP contribution in [0.3, 0.4) is 0 Å². The van der Waals surface area contributed by atoms with Crippen LogP contribution in [0.1, 0.15) is 15.2 Å². The third kappa shape index (κ3) is 3.88. The summed E-state index contributed by atoms with van der Waals surface area (Å²) >= 11 is 4.53.